The lowest BCUT2D eigenvalue weighted by atomic mass is 10.1. The number of aromatic nitrogens is 2. The van der Waals surface area contributed by atoms with Crippen LogP contribution >= 0.6 is 11.6 Å². The Hall–Kier alpha value is -4.28. The molecule has 6 rings (SSSR count). The highest BCUT2D eigenvalue weighted by atomic mass is 35.5. The van der Waals surface area contributed by atoms with E-state index in [1.165, 1.54) is 23.0 Å². The maximum absolute atomic E-state index is 11.0. The number of rotatable bonds is 11. The van der Waals surface area contributed by atoms with E-state index in [1.54, 1.807) is 4.57 Å². The summed E-state index contributed by atoms with van der Waals surface area (Å²) in [7, 11) is 0. The molecule has 0 amide bonds. The molecular weight excluding hydrogens is 570 g/mol. The van der Waals surface area contributed by atoms with Gasteiger partial charge in [-0.25, -0.2) is 0 Å². The first kappa shape index (κ1) is 28.8. The zero-order valence-electron chi connectivity index (χ0n) is 23.8. The van der Waals surface area contributed by atoms with E-state index in [4.69, 9.17) is 25.8 Å². The van der Waals surface area contributed by atoms with E-state index < -0.39 is 4.92 Å². The number of piperazine rings is 1. The zero-order chi connectivity index (χ0) is 29.6. The first-order chi connectivity index (χ1) is 21.0. The van der Waals surface area contributed by atoms with Gasteiger partial charge in [-0.3, -0.25) is 9.47 Å². The van der Waals surface area contributed by atoms with E-state index in [-0.39, 0.29) is 17.9 Å². The van der Waals surface area contributed by atoms with Gasteiger partial charge < -0.3 is 29.2 Å². The van der Waals surface area contributed by atoms with Gasteiger partial charge in [0.15, 0.2) is 0 Å². The van der Waals surface area contributed by atoms with Crippen LogP contribution < -0.4 is 19.1 Å². The van der Waals surface area contributed by atoms with Crippen molar-refractivity contribution in [1.82, 2.24) is 14.5 Å². The zero-order valence-corrected chi connectivity index (χ0v) is 24.6. The van der Waals surface area contributed by atoms with Crippen LogP contribution in [0.1, 0.15) is 17.5 Å². The summed E-state index contributed by atoms with van der Waals surface area (Å²) >= 11 is 5.96. The van der Waals surface area contributed by atoms with Gasteiger partial charge in [0.25, 0.3) is 0 Å². The van der Waals surface area contributed by atoms with Crippen molar-refractivity contribution in [3.05, 3.63) is 105 Å². The summed E-state index contributed by atoms with van der Waals surface area (Å²) in [6.07, 6.45) is 2.75. The molecule has 2 aliphatic rings. The second-order valence-electron chi connectivity index (χ2n) is 10.8. The molecule has 11 heteroatoms. The molecule has 0 unspecified atom stereocenters. The number of aryl methyl sites for hydroxylation is 1. The van der Waals surface area contributed by atoms with Gasteiger partial charge in [-0.1, -0.05) is 35.9 Å². The van der Waals surface area contributed by atoms with E-state index in [9.17, 15) is 10.1 Å². The summed E-state index contributed by atoms with van der Waals surface area (Å²) in [6.45, 7) is 6.42. The van der Waals surface area contributed by atoms with Crippen molar-refractivity contribution in [2.75, 3.05) is 44.3 Å². The Morgan fingerprint density at radius 1 is 0.884 bits per heavy atom. The molecule has 2 aliphatic heterocycles. The summed E-state index contributed by atoms with van der Waals surface area (Å²) < 4.78 is 19.4. The highest BCUT2D eigenvalue weighted by Crippen LogP contribution is 2.26. The number of anilines is 1. The van der Waals surface area contributed by atoms with Crippen molar-refractivity contribution in [2.45, 2.75) is 32.0 Å². The van der Waals surface area contributed by atoms with Gasteiger partial charge in [0, 0.05) is 67.8 Å². The Kier molecular flexibility index (Phi) is 8.95. The number of imidazole rings is 1. The third-order valence-electron chi connectivity index (χ3n) is 7.79. The number of halogens is 1. The lowest BCUT2D eigenvalue weighted by Crippen LogP contribution is -2.45. The quantitative estimate of drug-likeness (QED) is 0.161. The molecule has 1 atom stereocenters. The predicted octanol–water partition coefficient (Wildman–Crippen LogP) is 5.62. The number of hydrogen-bond donors (Lipinski definition) is 0. The molecular formula is C32H34ClN5O5. The van der Waals surface area contributed by atoms with Crippen LogP contribution in [0.5, 0.6) is 17.5 Å². The van der Waals surface area contributed by atoms with Gasteiger partial charge in [-0.05, 0) is 64.6 Å². The SMILES string of the molecule is O=[N+]([O-])c1cn2c(n1)O[C@@H](COc1ccc(N3CCN(Cc4ccc(OCCc5ccc(Cl)cc5)cc4)CC3)cc1)CC2. The smallest absolute Gasteiger partial charge is 0.414 e. The topological polar surface area (TPSA) is 95.1 Å². The van der Waals surface area contributed by atoms with Crippen molar-refractivity contribution in [3.8, 4) is 17.5 Å². The molecule has 0 radical (unpaired) electrons. The first-order valence-corrected chi connectivity index (χ1v) is 14.9. The number of fused-ring (bicyclic) bond motifs is 1. The Bertz CT molecular complexity index is 1500. The number of ether oxygens (including phenoxy) is 3. The standard InChI is InChI=1S/C32H34ClN5O5/c33-26-5-1-24(2-6-26)14-20-41-28-9-3-25(4-10-28)21-35-16-18-36(19-17-35)27-7-11-29(12-8-27)42-23-30-13-15-37-22-31(38(39)40)34-32(37)43-30/h1-12,22,30H,13-21,23H2/t30-/m1/s1. The van der Waals surface area contributed by atoms with Crippen molar-refractivity contribution < 1.29 is 19.1 Å². The second-order valence-corrected chi connectivity index (χ2v) is 11.2. The Balaban J connectivity index is 0.906. The van der Waals surface area contributed by atoms with Crippen LogP contribution in [0.25, 0.3) is 0 Å². The van der Waals surface area contributed by atoms with Crippen LogP contribution in [0.4, 0.5) is 11.5 Å². The highest BCUT2D eigenvalue weighted by molar-refractivity contribution is 6.30. The van der Waals surface area contributed by atoms with Gasteiger partial charge in [0.1, 0.15) is 30.4 Å². The minimum absolute atomic E-state index is 0.199. The van der Waals surface area contributed by atoms with Crippen LogP contribution in [-0.4, -0.2) is 64.9 Å². The van der Waals surface area contributed by atoms with E-state index in [2.05, 4.69) is 51.2 Å². The average molecular weight is 604 g/mol. The summed E-state index contributed by atoms with van der Waals surface area (Å²) in [4.78, 5) is 19.3. The maximum atomic E-state index is 11.0. The third-order valence-corrected chi connectivity index (χ3v) is 8.04. The Morgan fingerprint density at radius 3 is 2.28 bits per heavy atom. The van der Waals surface area contributed by atoms with E-state index >= 15 is 0 Å². The number of hydrogen-bond acceptors (Lipinski definition) is 8. The van der Waals surface area contributed by atoms with E-state index in [0.29, 0.717) is 26.2 Å². The molecule has 0 spiro atoms. The Morgan fingerprint density at radius 2 is 1.56 bits per heavy atom. The van der Waals surface area contributed by atoms with Crippen LogP contribution in [0.2, 0.25) is 5.02 Å². The molecule has 3 heterocycles. The fourth-order valence-corrected chi connectivity index (χ4v) is 5.46. The number of benzene rings is 3. The van der Waals surface area contributed by atoms with Gasteiger partial charge in [0.2, 0.25) is 0 Å². The van der Waals surface area contributed by atoms with Crippen LogP contribution in [-0.2, 0) is 19.5 Å². The average Bonchev–Trinajstić information content (AvgIpc) is 3.47. The monoisotopic (exact) mass is 603 g/mol. The van der Waals surface area contributed by atoms with Crippen molar-refractivity contribution >= 4 is 23.1 Å². The van der Waals surface area contributed by atoms with Gasteiger partial charge >= 0.3 is 11.8 Å². The summed E-state index contributed by atoms with van der Waals surface area (Å²) in [5, 5.41) is 11.7. The van der Waals surface area contributed by atoms with Gasteiger partial charge in [-0.15, -0.1) is 0 Å². The lowest BCUT2D eigenvalue weighted by Gasteiger charge is -2.36. The van der Waals surface area contributed by atoms with Crippen LogP contribution in [0.15, 0.2) is 79.0 Å². The molecule has 3 aromatic carbocycles. The van der Waals surface area contributed by atoms with Gasteiger partial charge in [-0.2, -0.15) is 0 Å². The van der Waals surface area contributed by atoms with Crippen molar-refractivity contribution in [3.63, 3.8) is 0 Å². The lowest BCUT2D eigenvalue weighted by molar-refractivity contribution is -0.389. The summed E-state index contributed by atoms with van der Waals surface area (Å²) in [5.41, 5.74) is 3.67. The largest absolute Gasteiger partial charge is 0.493 e. The third kappa shape index (κ3) is 7.57. The fourth-order valence-electron chi connectivity index (χ4n) is 5.33. The van der Waals surface area contributed by atoms with Crippen molar-refractivity contribution in [2.24, 2.45) is 0 Å². The Labute approximate surface area is 255 Å². The maximum Gasteiger partial charge on any atom is 0.414 e. The molecule has 0 aliphatic carbocycles. The molecule has 0 N–H and O–H groups in total. The van der Waals surface area contributed by atoms with Crippen LogP contribution in [0, 0.1) is 10.1 Å². The summed E-state index contributed by atoms with van der Waals surface area (Å²) in [5.74, 6) is 1.46. The molecule has 1 fully saturated rings. The minimum Gasteiger partial charge on any atom is -0.493 e. The van der Waals surface area contributed by atoms with Crippen LogP contribution in [0.3, 0.4) is 0 Å². The van der Waals surface area contributed by atoms with Gasteiger partial charge in [0.05, 0.1) is 6.61 Å². The molecule has 43 heavy (non-hydrogen) atoms. The summed E-state index contributed by atoms with van der Waals surface area (Å²) in [6, 6.07) is 24.7. The van der Waals surface area contributed by atoms with E-state index in [0.717, 1.165) is 55.7 Å². The predicted molar refractivity (Wildman–Crippen MR) is 164 cm³/mol. The second kappa shape index (κ2) is 13.4. The molecule has 0 saturated carbocycles. The number of nitro groups is 1. The molecule has 4 aromatic rings. The minimum atomic E-state index is -0.511. The van der Waals surface area contributed by atoms with Crippen molar-refractivity contribution in [1.29, 1.82) is 0 Å². The van der Waals surface area contributed by atoms with E-state index in [1.807, 2.05) is 36.4 Å². The first-order valence-electron chi connectivity index (χ1n) is 14.5. The number of nitrogens with zero attached hydrogens (tertiary/aromatic N) is 5. The molecule has 224 valence electrons. The molecule has 10 nitrogen and oxygen atoms in total. The molecule has 1 saturated heterocycles. The highest BCUT2D eigenvalue weighted by Gasteiger charge is 2.28. The molecule has 1 aromatic heterocycles. The fraction of sp³-hybridized carbons (Fsp3) is 0.344. The normalized spacial score (nSPS) is 16.8. The molecule has 0 bridgehead atoms.